The average molecular weight is 659 g/mol. The standard InChI is InChI=1S/C30H37F3N10O2S/c31-30(32,33)19-42-13-9-25(40-42)24-16-36-27(14-29(24,34)22-4-2-20(3-5-22)17-41-11-1-12-41)38-26-8-10-35-28(39-26)21-15-37-43(18-21)46(44,45)23-6-7-23/h8-10,13,15-16,18,20,22-23H,1-7,11-12,14,17,19,34H2,(H,35,36,38,39). The molecule has 46 heavy (non-hydrogen) atoms. The zero-order valence-corrected chi connectivity index (χ0v) is 26.1. The number of likely N-dealkylation sites (tertiary alicyclic amines) is 1. The Labute approximate surface area is 265 Å². The van der Waals surface area contributed by atoms with Gasteiger partial charge in [0.05, 0.1) is 34.4 Å². The minimum Gasteiger partial charge on any atom is -0.328 e. The van der Waals surface area contributed by atoms with E-state index in [1.807, 2.05) is 0 Å². The number of anilines is 1. The van der Waals surface area contributed by atoms with Gasteiger partial charge in [0.25, 0.3) is 10.0 Å². The van der Waals surface area contributed by atoms with Crippen LogP contribution < -0.4 is 11.1 Å². The second-order valence-corrected chi connectivity index (χ2v) is 15.0. The van der Waals surface area contributed by atoms with Crippen LogP contribution in [-0.2, 0) is 16.6 Å². The van der Waals surface area contributed by atoms with Gasteiger partial charge in [0.1, 0.15) is 18.2 Å². The van der Waals surface area contributed by atoms with Gasteiger partial charge in [-0.25, -0.2) is 23.4 Å². The molecule has 5 heterocycles. The zero-order valence-electron chi connectivity index (χ0n) is 25.3. The summed E-state index contributed by atoms with van der Waals surface area (Å²) in [6.45, 7) is 2.24. The first kappa shape index (κ1) is 31.0. The van der Waals surface area contributed by atoms with Crippen LogP contribution in [0.25, 0.3) is 17.0 Å². The van der Waals surface area contributed by atoms with E-state index in [1.165, 1.54) is 25.0 Å². The lowest BCUT2D eigenvalue weighted by molar-refractivity contribution is -0.142. The molecule has 4 aliphatic rings. The molecule has 7 rings (SSSR count). The molecule has 246 valence electrons. The molecule has 3 aromatic heterocycles. The van der Waals surface area contributed by atoms with Crippen LogP contribution in [-0.4, -0.2) is 84.7 Å². The lowest BCUT2D eigenvalue weighted by Crippen LogP contribution is -2.53. The average Bonchev–Trinajstić information content (AvgIpc) is 3.57. The summed E-state index contributed by atoms with van der Waals surface area (Å²) < 4.78 is 66.4. The normalized spacial score (nSPS) is 25.9. The van der Waals surface area contributed by atoms with Gasteiger partial charge in [0, 0.05) is 37.1 Å². The molecule has 1 unspecified atom stereocenters. The van der Waals surface area contributed by atoms with Gasteiger partial charge < -0.3 is 16.0 Å². The Kier molecular flexibility index (Phi) is 8.00. The van der Waals surface area contributed by atoms with E-state index in [9.17, 15) is 21.6 Å². The van der Waals surface area contributed by atoms with Gasteiger partial charge in [0.2, 0.25) is 0 Å². The number of halogens is 3. The molecule has 12 nitrogen and oxygen atoms in total. The van der Waals surface area contributed by atoms with Gasteiger partial charge in [-0.15, -0.1) is 0 Å². The van der Waals surface area contributed by atoms with E-state index in [-0.39, 0.29) is 5.92 Å². The number of aromatic nitrogens is 6. The molecule has 2 aliphatic carbocycles. The summed E-state index contributed by atoms with van der Waals surface area (Å²) >= 11 is 0. The Balaban J connectivity index is 1.12. The molecule has 0 aromatic carbocycles. The molecule has 0 bridgehead atoms. The third-order valence-electron chi connectivity index (χ3n) is 9.56. The number of hydrogen-bond acceptors (Lipinski definition) is 10. The van der Waals surface area contributed by atoms with E-state index in [1.54, 1.807) is 24.5 Å². The maximum absolute atomic E-state index is 13.1. The number of nitrogens with one attached hydrogen (secondary N) is 1. The van der Waals surface area contributed by atoms with Crippen molar-refractivity contribution >= 4 is 27.2 Å². The molecule has 1 saturated heterocycles. The van der Waals surface area contributed by atoms with Crippen molar-refractivity contribution < 1.29 is 21.6 Å². The molecule has 3 N–H and O–H groups in total. The van der Waals surface area contributed by atoms with Crippen LogP contribution >= 0.6 is 0 Å². The van der Waals surface area contributed by atoms with Crippen molar-refractivity contribution in [2.75, 3.05) is 25.0 Å². The van der Waals surface area contributed by atoms with Crippen LogP contribution in [0, 0.1) is 11.8 Å². The topological polar surface area (TPSA) is 149 Å². The first-order chi connectivity index (χ1) is 22.0. The number of amidine groups is 1. The van der Waals surface area contributed by atoms with E-state index < -0.39 is 33.5 Å². The van der Waals surface area contributed by atoms with Crippen LogP contribution in [0.1, 0.15) is 57.1 Å². The molecule has 1 atom stereocenters. The summed E-state index contributed by atoms with van der Waals surface area (Å²) in [5, 5.41) is 11.1. The summed E-state index contributed by atoms with van der Waals surface area (Å²) in [5.41, 5.74) is 7.85. The Morgan fingerprint density at radius 1 is 1.09 bits per heavy atom. The van der Waals surface area contributed by atoms with E-state index in [0.29, 0.717) is 59.5 Å². The third-order valence-corrected chi connectivity index (χ3v) is 11.6. The number of hydrogen-bond donors (Lipinski definition) is 2. The highest BCUT2D eigenvalue weighted by atomic mass is 32.2. The highest BCUT2D eigenvalue weighted by Crippen LogP contribution is 2.44. The summed E-state index contributed by atoms with van der Waals surface area (Å²) in [4.78, 5) is 16.0. The minimum absolute atomic E-state index is 0.0756. The van der Waals surface area contributed by atoms with Crippen molar-refractivity contribution in [2.24, 2.45) is 22.6 Å². The van der Waals surface area contributed by atoms with Crippen molar-refractivity contribution in [1.82, 2.24) is 33.8 Å². The summed E-state index contributed by atoms with van der Waals surface area (Å²) in [7, 11) is -3.52. The summed E-state index contributed by atoms with van der Waals surface area (Å²) in [5.74, 6) is 1.97. The zero-order chi connectivity index (χ0) is 32.1. The van der Waals surface area contributed by atoms with Crippen LogP contribution in [0.5, 0.6) is 0 Å². The first-order valence-corrected chi connectivity index (χ1v) is 17.3. The third kappa shape index (κ3) is 6.47. The lowest BCUT2D eigenvalue weighted by atomic mass is 9.66. The molecule has 0 amide bonds. The molecule has 16 heteroatoms. The Hall–Kier alpha value is -3.63. The number of nitrogens with zero attached hydrogens (tertiary/aromatic N) is 8. The molecule has 0 spiro atoms. The highest BCUT2D eigenvalue weighted by molar-refractivity contribution is 7.90. The molecule has 0 radical (unpaired) electrons. The van der Waals surface area contributed by atoms with Crippen LogP contribution in [0.2, 0.25) is 0 Å². The Morgan fingerprint density at radius 3 is 2.57 bits per heavy atom. The Bertz CT molecular complexity index is 1750. The number of rotatable bonds is 9. The smallest absolute Gasteiger partial charge is 0.328 e. The van der Waals surface area contributed by atoms with E-state index in [4.69, 9.17) is 5.73 Å². The van der Waals surface area contributed by atoms with Crippen molar-refractivity contribution in [3.05, 3.63) is 48.8 Å². The molecule has 2 aliphatic heterocycles. The van der Waals surface area contributed by atoms with Gasteiger partial charge in [-0.1, -0.05) is 0 Å². The van der Waals surface area contributed by atoms with Gasteiger partial charge in [0.15, 0.2) is 5.82 Å². The van der Waals surface area contributed by atoms with E-state index in [0.717, 1.165) is 54.1 Å². The molecule has 3 aromatic rings. The highest BCUT2D eigenvalue weighted by Gasteiger charge is 2.44. The van der Waals surface area contributed by atoms with Crippen LogP contribution in [0.4, 0.5) is 19.0 Å². The predicted molar refractivity (Wildman–Crippen MR) is 166 cm³/mol. The SMILES string of the molecule is NC1(C2CCC(CN3CCC3)CC2)CC(Nc2ccnc(-c3cnn(S(=O)(=O)C4CC4)c3)n2)=NC=C1c1ccn(CC(F)(F)F)n1. The summed E-state index contributed by atoms with van der Waals surface area (Å²) in [6, 6.07) is 3.25. The maximum atomic E-state index is 13.1. The summed E-state index contributed by atoms with van der Waals surface area (Å²) in [6.07, 6.45) is 9.64. The molecular formula is C30H37F3N10O2S. The Morgan fingerprint density at radius 2 is 1.87 bits per heavy atom. The predicted octanol–water partition coefficient (Wildman–Crippen LogP) is 3.90. The van der Waals surface area contributed by atoms with E-state index in [2.05, 4.69) is 35.4 Å². The van der Waals surface area contributed by atoms with E-state index >= 15 is 0 Å². The van der Waals surface area contributed by atoms with Crippen molar-refractivity contribution in [2.45, 2.75) is 74.9 Å². The second-order valence-electron chi connectivity index (χ2n) is 13.0. The van der Waals surface area contributed by atoms with Crippen molar-refractivity contribution in [1.29, 1.82) is 0 Å². The van der Waals surface area contributed by atoms with Crippen molar-refractivity contribution in [3.63, 3.8) is 0 Å². The quantitative estimate of drug-likeness (QED) is 0.349. The fourth-order valence-electron chi connectivity index (χ4n) is 6.79. The number of nitrogens with two attached hydrogens (primary N) is 1. The second kappa shape index (κ2) is 11.9. The van der Waals surface area contributed by atoms with Gasteiger partial charge >= 0.3 is 6.18 Å². The van der Waals surface area contributed by atoms with Gasteiger partial charge in [-0.2, -0.15) is 27.5 Å². The first-order valence-electron chi connectivity index (χ1n) is 15.7. The number of alkyl halides is 3. The number of aliphatic imine (C=N–C) groups is 1. The molecule has 3 fully saturated rings. The lowest BCUT2D eigenvalue weighted by Gasteiger charge is -2.45. The van der Waals surface area contributed by atoms with Gasteiger partial charge in [-0.3, -0.25) is 4.68 Å². The molecule has 2 saturated carbocycles. The van der Waals surface area contributed by atoms with Crippen LogP contribution in [0.15, 0.2) is 48.1 Å². The fraction of sp³-hybridized carbons (Fsp3) is 0.567. The maximum Gasteiger partial charge on any atom is 0.408 e. The molecular weight excluding hydrogens is 621 g/mol. The van der Waals surface area contributed by atoms with Crippen LogP contribution in [0.3, 0.4) is 0 Å². The van der Waals surface area contributed by atoms with Gasteiger partial charge in [-0.05, 0) is 82.0 Å². The minimum atomic E-state index is -4.39. The van der Waals surface area contributed by atoms with Crippen molar-refractivity contribution in [3.8, 4) is 11.4 Å². The fourth-order valence-corrected chi connectivity index (χ4v) is 8.26. The largest absolute Gasteiger partial charge is 0.408 e. The monoisotopic (exact) mass is 658 g/mol.